The Hall–Kier alpha value is -3.00. The second kappa shape index (κ2) is 9.27. The maximum Gasteiger partial charge on any atom is 0.160 e. The first-order valence-electron chi connectivity index (χ1n) is 8.68. The van der Waals surface area contributed by atoms with Crippen molar-refractivity contribution in [2.24, 2.45) is 0 Å². The molecule has 0 aliphatic heterocycles. The van der Waals surface area contributed by atoms with Crippen molar-refractivity contribution in [1.29, 1.82) is 0 Å². The zero-order chi connectivity index (χ0) is 19.9. The monoisotopic (exact) mass is 443 g/mol. The second-order valence-corrected chi connectivity index (χ2v) is 6.90. The summed E-state index contributed by atoms with van der Waals surface area (Å²) in [5.74, 6) is 2.57. The normalized spacial score (nSPS) is 10.4. The molecule has 0 atom stereocenters. The number of halogens is 1. The van der Waals surface area contributed by atoms with Crippen LogP contribution in [0, 0.1) is 0 Å². The van der Waals surface area contributed by atoms with Crippen LogP contribution in [0.5, 0.6) is 11.5 Å². The molecule has 2 aromatic carbocycles. The third kappa shape index (κ3) is 4.83. The summed E-state index contributed by atoms with van der Waals surface area (Å²) in [4.78, 5) is 8.49. The fourth-order valence-corrected chi connectivity index (χ4v) is 3.10. The SMILES string of the molecule is COc1ccc(CCNc2ncnc(Nc3cccc(Br)c3)c2N)cc1OC. The minimum atomic E-state index is 0.467. The summed E-state index contributed by atoms with van der Waals surface area (Å²) in [5.41, 5.74) is 8.70. The lowest BCUT2D eigenvalue weighted by Gasteiger charge is -2.13. The Labute approximate surface area is 172 Å². The summed E-state index contributed by atoms with van der Waals surface area (Å²) in [6.07, 6.45) is 2.26. The van der Waals surface area contributed by atoms with Gasteiger partial charge in [-0.15, -0.1) is 0 Å². The van der Waals surface area contributed by atoms with Crippen molar-refractivity contribution >= 4 is 38.9 Å². The van der Waals surface area contributed by atoms with Crippen molar-refractivity contribution in [2.75, 3.05) is 37.1 Å². The van der Waals surface area contributed by atoms with E-state index >= 15 is 0 Å². The van der Waals surface area contributed by atoms with Crippen molar-refractivity contribution < 1.29 is 9.47 Å². The molecule has 0 bridgehead atoms. The number of rotatable bonds is 8. The van der Waals surface area contributed by atoms with Crippen molar-refractivity contribution in [1.82, 2.24) is 9.97 Å². The first kappa shape index (κ1) is 19.8. The molecule has 28 heavy (non-hydrogen) atoms. The van der Waals surface area contributed by atoms with Gasteiger partial charge in [-0.1, -0.05) is 28.1 Å². The van der Waals surface area contributed by atoms with Gasteiger partial charge in [-0.2, -0.15) is 0 Å². The van der Waals surface area contributed by atoms with Crippen molar-refractivity contribution in [2.45, 2.75) is 6.42 Å². The number of aromatic nitrogens is 2. The fraction of sp³-hybridized carbons (Fsp3) is 0.200. The van der Waals surface area contributed by atoms with Crippen LogP contribution >= 0.6 is 15.9 Å². The maximum absolute atomic E-state index is 6.23. The van der Waals surface area contributed by atoms with Crippen molar-refractivity contribution in [3.63, 3.8) is 0 Å². The Balaban J connectivity index is 1.65. The third-order valence-electron chi connectivity index (χ3n) is 4.13. The number of hydrogen-bond acceptors (Lipinski definition) is 7. The van der Waals surface area contributed by atoms with Gasteiger partial charge in [0.05, 0.1) is 14.2 Å². The summed E-state index contributed by atoms with van der Waals surface area (Å²) < 4.78 is 11.6. The number of ether oxygens (including phenoxy) is 2. The van der Waals surface area contributed by atoms with E-state index in [1.165, 1.54) is 6.33 Å². The lowest BCUT2D eigenvalue weighted by Crippen LogP contribution is -2.10. The van der Waals surface area contributed by atoms with Gasteiger partial charge < -0.3 is 25.8 Å². The van der Waals surface area contributed by atoms with Gasteiger partial charge in [-0.25, -0.2) is 9.97 Å². The first-order chi connectivity index (χ1) is 13.6. The number of nitrogens with one attached hydrogen (secondary N) is 2. The number of nitrogen functional groups attached to an aromatic ring is 1. The molecule has 0 fully saturated rings. The van der Waals surface area contributed by atoms with E-state index in [1.807, 2.05) is 42.5 Å². The average molecular weight is 444 g/mol. The number of anilines is 4. The topological polar surface area (TPSA) is 94.3 Å². The van der Waals surface area contributed by atoms with Gasteiger partial charge in [0.25, 0.3) is 0 Å². The fourth-order valence-electron chi connectivity index (χ4n) is 2.70. The van der Waals surface area contributed by atoms with Crippen LogP contribution in [0.15, 0.2) is 53.3 Å². The summed E-state index contributed by atoms with van der Waals surface area (Å²) >= 11 is 3.45. The van der Waals surface area contributed by atoms with Gasteiger partial charge in [0.1, 0.15) is 12.0 Å². The molecule has 8 heteroatoms. The van der Waals surface area contributed by atoms with Crippen LogP contribution in [-0.4, -0.2) is 30.7 Å². The van der Waals surface area contributed by atoms with Gasteiger partial charge in [0.15, 0.2) is 23.1 Å². The number of methoxy groups -OCH3 is 2. The van der Waals surface area contributed by atoms with Crippen LogP contribution in [0.25, 0.3) is 0 Å². The molecule has 0 spiro atoms. The first-order valence-corrected chi connectivity index (χ1v) is 9.48. The number of hydrogen-bond donors (Lipinski definition) is 3. The predicted octanol–water partition coefficient (Wildman–Crippen LogP) is 4.24. The predicted molar refractivity (Wildman–Crippen MR) is 116 cm³/mol. The molecule has 0 radical (unpaired) electrons. The molecule has 0 unspecified atom stereocenters. The molecule has 146 valence electrons. The highest BCUT2D eigenvalue weighted by Crippen LogP contribution is 2.29. The zero-order valence-corrected chi connectivity index (χ0v) is 17.3. The lowest BCUT2D eigenvalue weighted by molar-refractivity contribution is 0.354. The van der Waals surface area contributed by atoms with Crippen LogP contribution in [-0.2, 0) is 6.42 Å². The van der Waals surface area contributed by atoms with Crippen molar-refractivity contribution in [3.05, 3.63) is 58.8 Å². The van der Waals surface area contributed by atoms with Gasteiger partial charge in [0, 0.05) is 16.7 Å². The van der Waals surface area contributed by atoms with Gasteiger partial charge in [-0.3, -0.25) is 0 Å². The Kier molecular flexibility index (Phi) is 6.54. The molecule has 0 saturated carbocycles. The highest BCUT2D eigenvalue weighted by atomic mass is 79.9. The smallest absolute Gasteiger partial charge is 0.160 e. The summed E-state index contributed by atoms with van der Waals surface area (Å²) in [7, 11) is 3.25. The van der Waals surface area contributed by atoms with Crippen LogP contribution in [0.1, 0.15) is 5.56 Å². The summed E-state index contributed by atoms with van der Waals surface area (Å²) in [6.45, 7) is 0.660. The van der Waals surface area contributed by atoms with E-state index < -0.39 is 0 Å². The molecule has 3 aromatic rings. The minimum Gasteiger partial charge on any atom is -0.493 e. The highest BCUT2D eigenvalue weighted by molar-refractivity contribution is 9.10. The van der Waals surface area contributed by atoms with E-state index in [9.17, 15) is 0 Å². The van der Waals surface area contributed by atoms with E-state index in [4.69, 9.17) is 15.2 Å². The lowest BCUT2D eigenvalue weighted by atomic mass is 10.1. The number of nitrogens with zero attached hydrogens (tertiary/aromatic N) is 2. The van der Waals surface area contributed by atoms with Gasteiger partial charge >= 0.3 is 0 Å². The molecule has 0 saturated heterocycles. The van der Waals surface area contributed by atoms with Gasteiger partial charge in [0.2, 0.25) is 0 Å². The molecular formula is C20H22BrN5O2. The minimum absolute atomic E-state index is 0.467. The van der Waals surface area contributed by atoms with Gasteiger partial charge in [-0.05, 0) is 42.3 Å². The van der Waals surface area contributed by atoms with E-state index in [1.54, 1.807) is 14.2 Å². The van der Waals surface area contributed by atoms with Crippen molar-refractivity contribution in [3.8, 4) is 11.5 Å². The molecule has 0 aliphatic carbocycles. The summed E-state index contributed by atoms with van der Waals surface area (Å²) in [5, 5.41) is 6.48. The maximum atomic E-state index is 6.23. The number of benzene rings is 2. The molecule has 7 nitrogen and oxygen atoms in total. The Morgan fingerprint density at radius 3 is 2.54 bits per heavy atom. The Morgan fingerprint density at radius 2 is 1.79 bits per heavy atom. The van der Waals surface area contributed by atoms with Crippen LogP contribution in [0.3, 0.4) is 0 Å². The molecule has 4 N–H and O–H groups in total. The van der Waals surface area contributed by atoms with Crippen LogP contribution in [0.4, 0.5) is 23.0 Å². The molecule has 3 rings (SSSR count). The van der Waals surface area contributed by atoms with E-state index in [-0.39, 0.29) is 0 Å². The zero-order valence-electron chi connectivity index (χ0n) is 15.7. The molecule has 1 aromatic heterocycles. The largest absolute Gasteiger partial charge is 0.493 e. The average Bonchev–Trinajstić information content (AvgIpc) is 2.70. The summed E-state index contributed by atoms with van der Waals surface area (Å²) in [6, 6.07) is 13.6. The quantitative estimate of drug-likeness (QED) is 0.479. The van der Waals surface area contributed by atoms with Crippen LogP contribution < -0.4 is 25.8 Å². The van der Waals surface area contributed by atoms with E-state index in [0.717, 1.165) is 22.1 Å². The number of nitrogens with two attached hydrogens (primary N) is 1. The Morgan fingerprint density at radius 1 is 1.00 bits per heavy atom. The molecule has 1 heterocycles. The standard InChI is InChI=1S/C20H22BrN5O2/c1-27-16-7-6-13(10-17(16)28-2)8-9-23-19-18(22)20(25-12-24-19)26-15-5-3-4-14(21)11-15/h3-7,10-12H,8-9,22H2,1-2H3,(H2,23,24,25,26). The van der Waals surface area contributed by atoms with Crippen LogP contribution in [0.2, 0.25) is 0 Å². The highest BCUT2D eigenvalue weighted by Gasteiger charge is 2.09. The molecule has 0 amide bonds. The molecular weight excluding hydrogens is 422 g/mol. The third-order valence-corrected chi connectivity index (χ3v) is 4.62. The van der Waals surface area contributed by atoms with E-state index in [2.05, 4.69) is 36.5 Å². The second-order valence-electron chi connectivity index (χ2n) is 5.99. The molecule has 0 aliphatic rings. The van der Waals surface area contributed by atoms with E-state index in [0.29, 0.717) is 35.4 Å². The Bertz CT molecular complexity index is 952.